The number of nitrogens with one attached hydrogen (secondary N) is 1. The van der Waals surface area contributed by atoms with E-state index in [0.29, 0.717) is 27.6 Å². The molecular weight excluding hydrogens is 426 g/mol. The minimum Gasteiger partial charge on any atom is -0.497 e. The fraction of sp³-hybridized carbons (Fsp3) is 0.200. The molecule has 0 saturated heterocycles. The Bertz CT molecular complexity index is 1180. The number of carbonyl (C=O) groups excluding carboxylic acids is 2. The zero-order valence-corrected chi connectivity index (χ0v) is 19.5. The summed E-state index contributed by atoms with van der Waals surface area (Å²) >= 11 is 1.28. The number of anilines is 1. The van der Waals surface area contributed by atoms with Gasteiger partial charge >= 0.3 is 5.97 Å². The van der Waals surface area contributed by atoms with Crippen LogP contribution >= 0.6 is 11.3 Å². The molecule has 6 nitrogen and oxygen atoms in total. The van der Waals surface area contributed by atoms with Crippen molar-refractivity contribution < 1.29 is 23.8 Å². The maximum atomic E-state index is 12.7. The van der Waals surface area contributed by atoms with Crippen molar-refractivity contribution in [2.75, 3.05) is 26.6 Å². The van der Waals surface area contributed by atoms with Crippen LogP contribution in [0, 0.1) is 13.8 Å². The van der Waals surface area contributed by atoms with Gasteiger partial charge in [-0.1, -0.05) is 23.8 Å². The molecule has 0 unspecified atom stereocenters. The van der Waals surface area contributed by atoms with E-state index in [-0.39, 0.29) is 5.91 Å². The summed E-state index contributed by atoms with van der Waals surface area (Å²) in [5, 5.41) is 5.10. The quantitative estimate of drug-likeness (QED) is 0.380. The third kappa shape index (κ3) is 5.00. The molecule has 0 aliphatic rings. The van der Waals surface area contributed by atoms with Crippen LogP contribution in [0.5, 0.6) is 11.5 Å². The van der Waals surface area contributed by atoms with Crippen molar-refractivity contribution in [2.45, 2.75) is 13.8 Å². The molecule has 0 aliphatic carbocycles. The lowest BCUT2D eigenvalue weighted by Crippen LogP contribution is -2.11. The number of aryl methyl sites for hydroxylation is 2. The van der Waals surface area contributed by atoms with Crippen molar-refractivity contribution in [2.24, 2.45) is 0 Å². The molecule has 1 amide bonds. The predicted molar refractivity (Wildman–Crippen MR) is 128 cm³/mol. The van der Waals surface area contributed by atoms with E-state index in [4.69, 9.17) is 14.2 Å². The Hall–Kier alpha value is -3.58. The highest BCUT2D eigenvalue weighted by atomic mass is 32.1. The number of hydrogen-bond acceptors (Lipinski definition) is 6. The molecule has 166 valence electrons. The molecule has 1 aromatic heterocycles. The van der Waals surface area contributed by atoms with Crippen molar-refractivity contribution >= 4 is 34.3 Å². The molecular formula is C25H25NO5S. The minimum atomic E-state index is -0.504. The molecule has 0 fully saturated rings. The summed E-state index contributed by atoms with van der Waals surface area (Å²) in [5.41, 5.74) is 4.80. The topological polar surface area (TPSA) is 73.9 Å². The number of thiophene rings is 1. The molecule has 0 aliphatic heterocycles. The highest BCUT2D eigenvalue weighted by Gasteiger charge is 2.23. The lowest BCUT2D eigenvalue weighted by molar-refractivity contribution is -0.111. The highest BCUT2D eigenvalue weighted by molar-refractivity contribution is 7.15. The lowest BCUT2D eigenvalue weighted by Gasteiger charge is -2.10. The van der Waals surface area contributed by atoms with Crippen LogP contribution in [0.1, 0.15) is 27.0 Å². The van der Waals surface area contributed by atoms with E-state index in [2.05, 4.69) is 5.32 Å². The Morgan fingerprint density at radius 1 is 0.969 bits per heavy atom. The first-order valence-corrected chi connectivity index (χ1v) is 10.7. The van der Waals surface area contributed by atoms with Gasteiger partial charge in [0.1, 0.15) is 22.1 Å². The van der Waals surface area contributed by atoms with Crippen molar-refractivity contribution in [3.05, 3.63) is 70.1 Å². The highest BCUT2D eigenvalue weighted by Crippen LogP contribution is 2.38. The van der Waals surface area contributed by atoms with Gasteiger partial charge in [-0.3, -0.25) is 4.79 Å². The molecule has 0 saturated carbocycles. The fourth-order valence-corrected chi connectivity index (χ4v) is 4.22. The van der Waals surface area contributed by atoms with Gasteiger partial charge in [0.15, 0.2) is 0 Å². The van der Waals surface area contributed by atoms with Crippen LogP contribution in [0.3, 0.4) is 0 Å². The van der Waals surface area contributed by atoms with Crippen LogP contribution in [0.25, 0.3) is 17.2 Å². The number of carbonyl (C=O) groups is 2. The second-order valence-corrected chi connectivity index (χ2v) is 7.97. The fourth-order valence-electron chi connectivity index (χ4n) is 3.27. The van der Waals surface area contributed by atoms with Gasteiger partial charge in [0.05, 0.1) is 21.3 Å². The third-order valence-corrected chi connectivity index (χ3v) is 5.85. The summed E-state index contributed by atoms with van der Waals surface area (Å²) in [6.45, 7) is 3.98. The molecule has 32 heavy (non-hydrogen) atoms. The van der Waals surface area contributed by atoms with E-state index < -0.39 is 5.97 Å². The largest absolute Gasteiger partial charge is 0.497 e. The Kier molecular flexibility index (Phi) is 7.33. The van der Waals surface area contributed by atoms with Gasteiger partial charge < -0.3 is 19.5 Å². The zero-order chi connectivity index (χ0) is 23.3. The van der Waals surface area contributed by atoms with Crippen LogP contribution in [-0.2, 0) is 9.53 Å². The van der Waals surface area contributed by atoms with Crippen LogP contribution < -0.4 is 14.8 Å². The molecule has 0 atom stereocenters. The van der Waals surface area contributed by atoms with Crippen LogP contribution in [-0.4, -0.2) is 33.2 Å². The molecule has 0 spiro atoms. The molecule has 3 rings (SSSR count). The molecule has 0 bridgehead atoms. The first-order chi connectivity index (χ1) is 15.4. The second kappa shape index (κ2) is 10.2. The van der Waals surface area contributed by atoms with Crippen LogP contribution in [0.2, 0.25) is 0 Å². The van der Waals surface area contributed by atoms with Gasteiger partial charge in [-0.2, -0.15) is 0 Å². The summed E-state index contributed by atoms with van der Waals surface area (Å²) < 4.78 is 15.6. The van der Waals surface area contributed by atoms with Gasteiger partial charge in [0.2, 0.25) is 5.91 Å². The first kappa shape index (κ1) is 23.1. The van der Waals surface area contributed by atoms with Crippen LogP contribution in [0.4, 0.5) is 5.00 Å². The third-order valence-electron chi connectivity index (χ3n) is 4.95. The van der Waals surface area contributed by atoms with Gasteiger partial charge in [-0.05, 0) is 49.2 Å². The Morgan fingerprint density at radius 2 is 1.75 bits per heavy atom. The SMILES string of the molecule is COC(=O)c1c(-c2cc(C)ccc2C)csc1NC(=O)/C=C/c1cc(OC)ccc1OC. The smallest absolute Gasteiger partial charge is 0.341 e. The van der Waals surface area contributed by atoms with Crippen LogP contribution in [0.15, 0.2) is 47.9 Å². The van der Waals surface area contributed by atoms with E-state index in [1.807, 2.05) is 37.4 Å². The average Bonchev–Trinajstić information content (AvgIpc) is 3.21. The normalized spacial score (nSPS) is 10.8. The molecule has 1 heterocycles. The molecule has 2 aromatic carbocycles. The molecule has 3 aromatic rings. The van der Waals surface area contributed by atoms with Gasteiger partial charge in [0.25, 0.3) is 0 Å². The van der Waals surface area contributed by atoms with E-state index in [1.165, 1.54) is 24.5 Å². The predicted octanol–water partition coefficient (Wildman–Crippen LogP) is 5.49. The van der Waals surface area contributed by atoms with Crippen molar-refractivity contribution in [3.63, 3.8) is 0 Å². The zero-order valence-electron chi connectivity index (χ0n) is 18.6. The summed E-state index contributed by atoms with van der Waals surface area (Å²) in [6, 6.07) is 11.4. The van der Waals surface area contributed by atoms with Gasteiger partial charge in [-0.25, -0.2) is 4.79 Å². The maximum absolute atomic E-state index is 12.7. The number of methoxy groups -OCH3 is 3. The second-order valence-electron chi connectivity index (χ2n) is 7.09. The first-order valence-electron chi connectivity index (χ1n) is 9.86. The summed E-state index contributed by atoms with van der Waals surface area (Å²) in [5.74, 6) is 0.374. The number of hydrogen-bond donors (Lipinski definition) is 1. The van der Waals surface area contributed by atoms with Crippen molar-refractivity contribution in [1.82, 2.24) is 0 Å². The lowest BCUT2D eigenvalue weighted by atomic mass is 9.97. The molecule has 1 N–H and O–H groups in total. The standard InChI is InChI=1S/C25H25NO5S/c1-15-6-7-16(2)19(12-15)20-14-32-24(23(20)25(28)31-5)26-22(27)11-8-17-13-18(29-3)9-10-21(17)30-4/h6-14H,1-5H3,(H,26,27)/b11-8+. The maximum Gasteiger partial charge on any atom is 0.341 e. The Morgan fingerprint density at radius 3 is 2.44 bits per heavy atom. The summed E-state index contributed by atoms with van der Waals surface area (Å²) in [7, 11) is 4.45. The van der Waals surface area contributed by atoms with Crippen molar-refractivity contribution in [3.8, 4) is 22.6 Å². The number of rotatable bonds is 7. The van der Waals surface area contributed by atoms with E-state index in [9.17, 15) is 9.59 Å². The van der Waals surface area contributed by atoms with E-state index >= 15 is 0 Å². The van der Waals surface area contributed by atoms with Gasteiger partial charge in [0, 0.05) is 22.6 Å². The number of benzene rings is 2. The minimum absolute atomic E-state index is 0.340. The van der Waals surface area contributed by atoms with E-state index in [1.54, 1.807) is 38.5 Å². The van der Waals surface area contributed by atoms with E-state index in [0.717, 1.165) is 22.3 Å². The Labute approximate surface area is 191 Å². The molecule has 7 heteroatoms. The number of amides is 1. The summed E-state index contributed by atoms with van der Waals surface area (Å²) in [6.07, 6.45) is 3.02. The summed E-state index contributed by atoms with van der Waals surface area (Å²) in [4.78, 5) is 25.2. The average molecular weight is 452 g/mol. The Balaban J connectivity index is 1.92. The molecule has 0 radical (unpaired) electrons. The monoisotopic (exact) mass is 451 g/mol. The van der Waals surface area contributed by atoms with Crippen molar-refractivity contribution in [1.29, 1.82) is 0 Å². The van der Waals surface area contributed by atoms with Gasteiger partial charge in [-0.15, -0.1) is 11.3 Å². The number of esters is 1. The number of ether oxygens (including phenoxy) is 3.